The van der Waals surface area contributed by atoms with E-state index in [0.29, 0.717) is 16.5 Å². The molecule has 0 aliphatic rings. The maximum Gasteiger partial charge on any atom is 0.277 e. The van der Waals surface area contributed by atoms with E-state index in [9.17, 15) is 17.6 Å². The predicted octanol–water partition coefficient (Wildman–Crippen LogP) is 3.60. The van der Waals surface area contributed by atoms with E-state index in [1.807, 2.05) is 0 Å². The number of carbonyl (C=O) groups excluding carboxylic acids is 1. The van der Waals surface area contributed by atoms with Crippen molar-refractivity contribution in [3.8, 4) is 5.75 Å². The first-order valence-electron chi connectivity index (χ1n) is 8.23. The summed E-state index contributed by atoms with van der Waals surface area (Å²) in [7, 11) is -3.98. The lowest BCUT2D eigenvalue weighted by Gasteiger charge is -2.06. The second-order valence-corrected chi connectivity index (χ2v) is 8.78. The normalized spacial score (nSPS) is 11.2. The van der Waals surface area contributed by atoms with Crippen molar-refractivity contribution in [1.29, 1.82) is 0 Å². The molecule has 0 spiro atoms. The molecule has 0 unspecified atom stereocenters. The Bertz CT molecular complexity index is 1110. The number of aromatic nitrogens is 1. The number of amides is 1. The van der Waals surface area contributed by atoms with Gasteiger partial charge in [0.15, 0.2) is 0 Å². The van der Waals surface area contributed by atoms with Crippen LogP contribution in [0, 0.1) is 19.7 Å². The average Bonchev–Trinajstić information content (AvgIpc) is 3.02. The van der Waals surface area contributed by atoms with Crippen molar-refractivity contribution in [2.75, 3.05) is 0 Å². The molecular weight excluding hydrogens is 403 g/mol. The lowest BCUT2D eigenvalue weighted by atomic mass is 10.2. The summed E-state index contributed by atoms with van der Waals surface area (Å²) < 4.78 is 45.3. The summed E-state index contributed by atoms with van der Waals surface area (Å²) in [6.45, 7) is 3.46. The fourth-order valence-corrected chi connectivity index (χ4v) is 4.41. The predicted molar refractivity (Wildman–Crippen MR) is 103 cm³/mol. The van der Waals surface area contributed by atoms with Crippen LogP contribution in [0.5, 0.6) is 5.75 Å². The molecule has 146 valence electrons. The highest BCUT2D eigenvalue weighted by atomic mass is 32.2. The molecule has 3 rings (SSSR count). The van der Waals surface area contributed by atoms with Crippen LogP contribution in [0.4, 0.5) is 4.39 Å². The van der Waals surface area contributed by atoms with Gasteiger partial charge in [0.05, 0.1) is 10.6 Å². The fourth-order valence-electron chi connectivity index (χ4n) is 2.41. The van der Waals surface area contributed by atoms with Crippen molar-refractivity contribution in [1.82, 2.24) is 9.71 Å². The zero-order chi connectivity index (χ0) is 20.3. The van der Waals surface area contributed by atoms with Crippen LogP contribution >= 0.6 is 11.3 Å². The standard InChI is InChI=1S/C19H17FN2O4S2/c1-12-4-3-5-16(10-12)28(24,25)22-19(23)18-13(2)21-17(27-18)11-26-15-8-6-14(20)7-9-15/h3-10H,11H2,1-2H3,(H,22,23). The summed E-state index contributed by atoms with van der Waals surface area (Å²) >= 11 is 1.04. The third-order valence-corrected chi connectivity index (χ3v) is 6.21. The molecule has 2 aromatic carbocycles. The Morgan fingerprint density at radius 2 is 1.89 bits per heavy atom. The molecule has 3 aromatic rings. The number of thiazole rings is 1. The van der Waals surface area contributed by atoms with E-state index in [4.69, 9.17) is 4.74 Å². The molecule has 1 amide bonds. The number of carbonyl (C=O) groups is 1. The minimum Gasteiger partial charge on any atom is -0.486 e. The average molecular weight is 420 g/mol. The largest absolute Gasteiger partial charge is 0.486 e. The number of halogens is 1. The van der Waals surface area contributed by atoms with Gasteiger partial charge in [-0.25, -0.2) is 22.5 Å². The van der Waals surface area contributed by atoms with Gasteiger partial charge in [-0.3, -0.25) is 4.79 Å². The van der Waals surface area contributed by atoms with Crippen LogP contribution in [-0.2, 0) is 16.6 Å². The first kappa shape index (κ1) is 20.0. The first-order valence-corrected chi connectivity index (χ1v) is 10.5. The maximum absolute atomic E-state index is 12.9. The SMILES string of the molecule is Cc1cccc(S(=O)(=O)NC(=O)c2sc(COc3ccc(F)cc3)nc2C)c1. The number of aryl methyl sites for hydroxylation is 2. The molecule has 0 fully saturated rings. The van der Waals surface area contributed by atoms with Gasteiger partial charge in [0.25, 0.3) is 15.9 Å². The van der Waals surface area contributed by atoms with E-state index in [1.54, 1.807) is 26.0 Å². The zero-order valence-electron chi connectivity index (χ0n) is 15.1. The van der Waals surface area contributed by atoms with E-state index in [1.165, 1.54) is 36.4 Å². The van der Waals surface area contributed by atoms with E-state index in [2.05, 4.69) is 9.71 Å². The Kier molecular flexibility index (Phi) is 5.76. The van der Waals surface area contributed by atoms with Gasteiger partial charge in [0.1, 0.15) is 28.1 Å². The second-order valence-electron chi connectivity index (χ2n) is 6.02. The molecule has 1 heterocycles. The highest BCUT2D eigenvalue weighted by molar-refractivity contribution is 7.90. The molecule has 0 aliphatic heterocycles. The van der Waals surface area contributed by atoms with Crippen LogP contribution < -0.4 is 9.46 Å². The Morgan fingerprint density at radius 1 is 1.18 bits per heavy atom. The summed E-state index contributed by atoms with van der Waals surface area (Å²) in [4.78, 5) is 16.9. The van der Waals surface area contributed by atoms with Gasteiger partial charge in [0, 0.05) is 0 Å². The first-order chi connectivity index (χ1) is 13.2. The molecule has 0 aliphatic carbocycles. The Balaban J connectivity index is 1.71. The summed E-state index contributed by atoms with van der Waals surface area (Å²) in [5.74, 6) is -0.655. The smallest absolute Gasteiger partial charge is 0.277 e. The van der Waals surface area contributed by atoms with Crippen molar-refractivity contribution in [3.63, 3.8) is 0 Å². The number of sulfonamides is 1. The quantitative estimate of drug-likeness (QED) is 0.659. The monoisotopic (exact) mass is 420 g/mol. The van der Waals surface area contributed by atoms with Crippen LogP contribution in [0.2, 0.25) is 0 Å². The number of hydrogen-bond acceptors (Lipinski definition) is 6. The van der Waals surface area contributed by atoms with Crippen molar-refractivity contribution in [2.45, 2.75) is 25.3 Å². The van der Waals surface area contributed by atoms with E-state index < -0.39 is 15.9 Å². The topological polar surface area (TPSA) is 85.4 Å². The molecule has 0 bridgehead atoms. The lowest BCUT2D eigenvalue weighted by Crippen LogP contribution is -2.30. The fraction of sp³-hybridized carbons (Fsp3) is 0.158. The molecule has 0 saturated heterocycles. The van der Waals surface area contributed by atoms with Gasteiger partial charge >= 0.3 is 0 Å². The van der Waals surface area contributed by atoms with Crippen LogP contribution in [0.25, 0.3) is 0 Å². The molecule has 1 N–H and O–H groups in total. The number of benzene rings is 2. The molecule has 9 heteroatoms. The van der Waals surface area contributed by atoms with E-state index >= 15 is 0 Å². The number of rotatable bonds is 6. The lowest BCUT2D eigenvalue weighted by molar-refractivity contribution is 0.0984. The molecule has 1 aromatic heterocycles. The van der Waals surface area contributed by atoms with Crippen LogP contribution in [0.1, 0.15) is 25.9 Å². The highest BCUT2D eigenvalue weighted by Gasteiger charge is 2.22. The third kappa shape index (κ3) is 4.73. The van der Waals surface area contributed by atoms with Crippen LogP contribution in [-0.4, -0.2) is 19.3 Å². The van der Waals surface area contributed by atoms with Gasteiger partial charge in [-0.15, -0.1) is 11.3 Å². The summed E-state index contributed by atoms with van der Waals surface area (Å²) in [5.41, 5.74) is 1.17. The molecule has 6 nitrogen and oxygen atoms in total. The van der Waals surface area contributed by atoms with Crippen LogP contribution in [0.15, 0.2) is 53.4 Å². The number of hydrogen-bond donors (Lipinski definition) is 1. The Labute approximate surface area is 166 Å². The van der Waals surface area contributed by atoms with Crippen molar-refractivity contribution >= 4 is 27.3 Å². The minimum atomic E-state index is -3.98. The van der Waals surface area contributed by atoms with Crippen molar-refractivity contribution in [2.24, 2.45) is 0 Å². The van der Waals surface area contributed by atoms with E-state index in [0.717, 1.165) is 16.9 Å². The van der Waals surface area contributed by atoms with Crippen molar-refractivity contribution < 1.29 is 22.3 Å². The molecule has 0 saturated carbocycles. The Morgan fingerprint density at radius 3 is 2.57 bits per heavy atom. The second kappa shape index (κ2) is 8.07. The van der Waals surface area contributed by atoms with Gasteiger partial charge in [-0.2, -0.15) is 0 Å². The third-order valence-electron chi connectivity index (χ3n) is 3.75. The van der Waals surface area contributed by atoms with Gasteiger partial charge in [-0.05, 0) is 55.8 Å². The highest BCUT2D eigenvalue weighted by Crippen LogP contribution is 2.21. The number of nitrogens with one attached hydrogen (secondary N) is 1. The number of nitrogens with zero attached hydrogens (tertiary/aromatic N) is 1. The summed E-state index contributed by atoms with van der Waals surface area (Å²) in [6.07, 6.45) is 0. The minimum absolute atomic E-state index is 0.0166. The summed E-state index contributed by atoms with van der Waals surface area (Å²) in [6, 6.07) is 11.8. The molecule has 0 radical (unpaired) electrons. The molecular formula is C19H17FN2O4S2. The number of ether oxygens (including phenoxy) is 1. The van der Waals surface area contributed by atoms with Crippen LogP contribution in [0.3, 0.4) is 0 Å². The van der Waals surface area contributed by atoms with Gasteiger partial charge in [0.2, 0.25) is 0 Å². The Hall–Kier alpha value is -2.78. The summed E-state index contributed by atoms with van der Waals surface area (Å²) in [5, 5.41) is 0.500. The zero-order valence-corrected chi connectivity index (χ0v) is 16.7. The van der Waals surface area contributed by atoms with Crippen molar-refractivity contribution in [3.05, 3.63) is 75.5 Å². The molecule has 28 heavy (non-hydrogen) atoms. The van der Waals surface area contributed by atoms with E-state index in [-0.39, 0.29) is 22.2 Å². The van der Waals surface area contributed by atoms with Gasteiger partial charge < -0.3 is 4.74 Å². The van der Waals surface area contributed by atoms with Gasteiger partial charge in [-0.1, -0.05) is 12.1 Å². The molecule has 0 atom stereocenters. The maximum atomic E-state index is 12.9.